The maximum atomic E-state index is 12.8. The SMILES string of the molecule is O=C([C@H]1Cc2ccccc2CN1)N1CC[C@@](O)(C(F)(F)F)C1. The van der Waals surface area contributed by atoms with E-state index in [0.717, 1.165) is 16.0 Å². The molecule has 2 aliphatic rings. The molecule has 0 unspecified atom stereocenters. The minimum atomic E-state index is -4.71. The van der Waals surface area contributed by atoms with E-state index in [0.29, 0.717) is 13.0 Å². The van der Waals surface area contributed by atoms with Crippen molar-refractivity contribution in [3.63, 3.8) is 0 Å². The number of likely N-dealkylation sites (tertiary alicyclic amines) is 1. The molecule has 120 valence electrons. The number of hydrogen-bond donors (Lipinski definition) is 2. The van der Waals surface area contributed by atoms with Gasteiger partial charge in [-0.2, -0.15) is 13.2 Å². The van der Waals surface area contributed by atoms with Gasteiger partial charge in [0.15, 0.2) is 5.60 Å². The summed E-state index contributed by atoms with van der Waals surface area (Å²) >= 11 is 0. The monoisotopic (exact) mass is 314 g/mol. The lowest BCUT2D eigenvalue weighted by molar-refractivity contribution is -0.253. The number of fused-ring (bicyclic) bond motifs is 1. The molecule has 1 saturated heterocycles. The summed E-state index contributed by atoms with van der Waals surface area (Å²) in [6.07, 6.45) is -4.73. The first-order chi connectivity index (χ1) is 10.3. The number of hydrogen-bond acceptors (Lipinski definition) is 3. The second-order valence-corrected chi connectivity index (χ2v) is 5.95. The Morgan fingerprint density at radius 2 is 2.00 bits per heavy atom. The first-order valence-corrected chi connectivity index (χ1v) is 7.18. The van der Waals surface area contributed by atoms with Crippen LogP contribution in [0.5, 0.6) is 0 Å². The maximum Gasteiger partial charge on any atom is 0.419 e. The van der Waals surface area contributed by atoms with E-state index in [2.05, 4.69) is 5.32 Å². The first kappa shape index (κ1) is 15.3. The third-order valence-corrected chi connectivity index (χ3v) is 4.47. The Kier molecular flexibility index (Phi) is 3.65. The predicted molar refractivity (Wildman–Crippen MR) is 73.0 cm³/mol. The molecule has 1 fully saturated rings. The number of halogens is 3. The number of carbonyl (C=O) groups excluding carboxylic acids is 1. The van der Waals surface area contributed by atoms with Gasteiger partial charge in [0.05, 0.1) is 12.6 Å². The van der Waals surface area contributed by atoms with E-state index in [4.69, 9.17) is 0 Å². The van der Waals surface area contributed by atoms with Crippen LogP contribution in [0.4, 0.5) is 13.2 Å². The zero-order valence-corrected chi connectivity index (χ0v) is 11.9. The Labute approximate surface area is 125 Å². The number of carbonyl (C=O) groups is 1. The maximum absolute atomic E-state index is 12.8. The summed E-state index contributed by atoms with van der Waals surface area (Å²) in [4.78, 5) is 13.5. The molecular formula is C15H17F3N2O2. The Morgan fingerprint density at radius 3 is 2.64 bits per heavy atom. The van der Waals surface area contributed by atoms with Crippen LogP contribution in [0.3, 0.4) is 0 Å². The summed E-state index contributed by atoms with van der Waals surface area (Å²) in [6, 6.07) is 7.13. The number of benzene rings is 1. The van der Waals surface area contributed by atoms with Crippen molar-refractivity contribution in [2.45, 2.75) is 37.2 Å². The standard InChI is InChI=1S/C15H17F3N2O2/c16-15(17,18)14(22)5-6-20(9-14)13(21)12-7-10-3-1-2-4-11(10)8-19-12/h1-4,12,19,22H,5-9H2/t12-,14+/m1/s1. The lowest BCUT2D eigenvalue weighted by atomic mass is 9.95. The molecule has 4 nitrogen and oxygen atoms in total. The molecule has 22 heavy (non-hydrogen) atoms. The Hall–Kier alpha value is -1.60. The normalized spacial score (nSPS) is 28.5. The molecule has 2 atom stereocenters. The van der Waals surface area contributed by atoms with Gasteiger partial charge in [-0.3, -0.25) is 4.79 Å². The van der Waals surface area contributed by atoms with Gasteiger partial charge in [0, 0.05) is 19.5 Å². The van der Waals surface area contributed by atoms with E-state index in [1.54, 1.807) is 0 Å². The van der Waals surface area contributed by atoms with Crippen molar-refractivity contribution >= 4 is 5.91 Å². The smallest absolute Gasteiger partial charge is 0.379 e. The number of β-amino-alcohol motifs (C(OH)–C–C–N with tert-alkyl or cyclic N) is 1. The van der Waals surface area contributed by atoms with Crippen LogP contribution >= 0.6 is 0 Å². The molecule has 0 spiro atoms. The third-order valence-electron chi connectivity index (χ3n) is 4.47. The summed E-state index contributed by atoms with van der Waals surface area (Å²) < 4.78 is 38.5. The summed E-state index contributed by atoms with van der Waals surface area (Å²) in [6.45, 7) is -0.242. The summed E-state index contributed by atoms with van der Waals surface area (Å²) in [7, 11) is 0. The minimum absolute atomic E-state index is 0.0747. The molecule has 1 aromatic rings. The van der Waals surface area contributed by atoms with Crippen LogP contribution in [0.25, 0.3) is 0 Å². The molecule has 0 aromatic heterocycles. The van der Waals surface area contributed by atoms with Gasteiger partial charge in [-0.1, -0.05) is 24.3 Å². The highest BCUT2D eigenvalue weighted by atomic mass is 19.4. The number of aliphatic hydroxyl groups is 1. The second-order valence-electron chi connectivity index (χ2n) is 5.95. The third kappa shape index (κ3) is 2.59. The number of nitrogens with one attached hydrogen (secondary N) is 1. The topological polar surface area (TPSA) is 52.6 Å². The Morgan fingerprint density at radius 1 is 1.32 bits per heavy atom. The number of rotatable bonds is 1. The predicted octanol–water partition coefficient (Wildman–Crippen LogP) is 1.23. The van der Waals surface area contributed by atoms with Gasteiger partial charge in [-0.15, -0.1) is 0 Å². The van der Waals surface area contributed by atoms with Crippen molar-refractivity contribution in [2.24, 2.45) is 0 Å². The molecule has 0 radical (unpaired) electrons. The van der Waals surface area contributed by atoms with Gasteiger partial charge in [0.25, 0.3) is 0 Å². The van der Waals surface area contributed by atoms with Crippen molar-refractivity contribution in [3.05, 3.63) is 35.4 Å². The van der Waals surface area contributed by atoms with Crippen molar-refractivity contribution in [1.29, 1.82) is 0 Å². The molecule has 2 heterocycles. The molecule has 7 heteroatoms. The molecule has 2 N–H and O–H groups in total. The average molecular weight is 314 g/mol. The van der Waals surface area contributed by atoms with Crippen LogP contribution < -0.4 is 5.32 Å². The Balaban J connectivity index is 1.69. The molecule has 0 aliphatic carbocycles. The number of nitrogens with zero attached hydrogens (tertiary/aromatic N) is 1. The van der Waals surface area contributed by atoms with Crippen molar-refractivity contribution in [1.82, 2.24) is 10.2 Å². The largest absolute Gasteiger partial charge is 0.419 e. The molecule has 0 saturated carbocycles. The number of alkyl halides is 3. The average Bonchev–Trinajstić information content (AvgIpc) is 2.89. The fraction of sp³-hybridized carbons (Fsp3) is 0.533. The second kappa shape index (κ2) is 5.24. The highest BCUT2D eigenvalue weighted by molar-refractivity contribution is 5.83. The summed E-state index contributed by atoms with van der Waals surface area (Å²) in [5, 5.41) is 12.7. The van der Waals surface area contributed by atoms with Gasteiger partial charge >= 0.3 is 6.18 Å². The highest BCUT2D eigenvalue weighted by Gasteiger charge is 2.58. The zero-order chi connectivity index (χ0) is 16.0. The van der Waals surface area contributed by atoms with E-state index >= 15 is 0 Å². The van der Waals surface area contributed by atoms with Crippen LogP contribution in [0.2, 0.25) is 0 Å². The van der Waals surface area contributed by atoms with Gasteiger partial charge in [0.2, 0.25) is 5.91 Å². The van der Waals surface area contributed by atoms with Gasteiger partial charge in [0.1, 0.15) is 0 Å². The highest BCUT2D eigenvalue weighted by Crippen LogP contribution is 2.37. The Bertz CT molecular complexity index is 590. The molecular weight excluding hydrogens is 297 g/mol. The minimum Gasteiger partial charge on any atom is -0.379 e. The summed E-state index contributed by atoms with van der Waals surface area (Å²) in [5.41, 5.74) is -0.653. The molecule has 1 amide bonds. The van der Waals surface area contributed by atoms with E-state index < -0.39 is 30.8 Å². The van der Waals surface area contributed by atoms with Crippen LogP contribution in [-0.2, 0) is 17.8 Å². The van der Waals surface area contributed by atoms with Gasteiger partial charge in [-0.05, 0) is 17.5 Å². The van der Waals surface area contributed by atoms with Gasteiger partial charge in [-0.25, -0.2) is 0 Å². The van der Waals surface area contributed by atoms with Crippen molar-refractivity contribution in [2.75, 3.05) is 13.1 Å². The first-order valence-electron chi connectivity index (χ1n) is 7.18. The number of amides is 1. The van der Waals surface area contributed by atoms with E-state index in [9.17, 15) is 23.1 Å². The fourth-order valence-corrected chi connectivity index (χ4v) is 3.06. The van der Waals surface area contributed by atoms with E-state index in [-0.39, 0.29) is 12.5 Å². The lowest BCUT2D eigenvalue weighted by Crippen LogP contribution is -2.52. The quantitative estimate of drug-likeness (QED) is 0.820. The van der Waals surface area contributed by atoms with E-state index in [1.807, 2.05) is 24.3 Å². The van der Waals surface area contributed by atoms with Crippen LogP contribution in [-0.4, -0.2) is 46.8 Å². The van der Waals surface area contributed by atoms with Crippen LogP contribution in [0.15, 0.2) is 24.3 Å². The molecule has 2 aliphatic heterocycles. The summed E-state index contributed by atoms with van der Waals surface area (Å²) in [5.74, 6) is -0.380. The van der Waals surface area contributed by atoms with Crippen molar-refractivity contribution < 1.29 is 23.1 Å². The van der Waals surface area contributed by atoms with Crippen molar-refractivity contribution in [3.8, 4) is 0 Å². The van der Waals surface area contributed by atoms with Crippen LogP contribution in [0, 0.1) is 0 Å². The van der Waals surface area contributed by atoms with Crippen LogP contribution in [0.1, 0.15) is 17.5 Å². The molecule has 1 aromatic carbocycles. The molecule has 3 rings (SSSR count). The van der Waals surface area contributed by atoms with E-state index in [1.165, 1.54) is 0 Å². The lowest BCUT2D eigenvalue weighted by Gasteiger charge is -2.30. The zero-order valence-electron chi connectivity index (χ0n) is 11.9. The molecule has 0 bridgehead atoms. The van der Waals surface area contributed by atoms with Gasteiger partial charge < -0.3 is 15.3 Å². The fourth-order valence-electron chi connectivity index (χ4n) is 3.06.